The fourth-order valence-corrected chi connectivity index (χ4v) is 7.03. The van der Waals surface area contributed by atoms with E-state index in [1.54, 1.807) is 6.33 Å². The van der Waals surface area contributed by atoms with Gasteiger partial charge in [0, 0.05) is 37.8 Å². The zero-order chi connectivity index (χ0) is 31.7. The lowest BCUT2D eigenvalue weighted by atomic mass is 9.89. The normalized spacial score (nSPS) is 20.3. The van der Waals surface area contributed by atoms with Crippen molar-refractivity contribution in [2.45, 2.75) is 56.8 Å². The van der Waals surface area contributed by atoms with E-state index in [-0.39, 0.29) is 36.5 Å². The molecular weight excluding hydrogens is 598 g/mol. The topological polar surface area (TPSA) is 79.7 Å². The van der Waals surface area contributed by atoms with Crippen LogP contribution in [0.25, 0.3) is 11.3 Å². The molecule has 0 radical (unpaired) electrons. The van der Waals surface area contributed by atoms with Crippen molar-refractivity contribution in [1.29, 1.82) is 0 Å². The number of benzene rings is 3. The highest BCUT2D eigenvalue weighted by Crippen LogP contribution is 2.35. The van der Waals surface area contributed by atoms with E-state index >= 15 is 0 Å². The van der Waals surface area contributed by atoms with Gasteiger partial charge in [-0.15, -0.1) is 11.6 Å². The van der Waals surface area contributed by atoms with Crippen LogP contribution in [0.15, 0.2) is 97.3 Å². The largest absolute Gasteiger partial charge is 0.448 e. The maximum absolute atomic E-state index is 14.7. The standard InChI is InChI=1S/C37H42ClN5O3/c38-20-23-46-37(45)40-32-18-10-11-19-33(32)43-27-39-34(35(43)30-16-8-3-9-17-30)36(44)42-22-21-41(25-29-14-6-2-7-15-29)26-31(42)24-28-12-4-1-5-13-28/h1-9,12-17,27,31-33H,10-11,18-26H2,(H,40,45)/t31-,32+,33+/m1/s1. The highest BCUT2D eigenvalue weighted by Gasteiger charge is 2.36. The van der Waals surface area contributed by atoms with Gasteiger partial charge >= 0.3 is 6.09 Å². The minimum Gasteiger partial charge on any atom is -0.448 e. The Morgan fingerprint density at radius 1 is 0.870 bits per heavy atom. The van der Waals surface area contributed by atoms with Gasteiger partial charge in [-0.05, 0) is 30.4 Å². The Hall–Kier alpha value is -4.14. The van der Waals surface area contributed by atoms with Gasteiger partial charge in [-0.25, -0.2) is 9.78 Å². The van der Waals surface area contributed by atoms with Crippen molar-refractivity contribution in [3.63, 3.8) is 0 Å². The highest BCUT2D eigenvalue weighted by atomic mass is 35.5. The lowest BCUT2D eigenvalue weighted by Crippen LogP contribution is -2.55. The number of hydrogen-bond acceptors (Lipinski definition) is 5. The first kappa shape index (κ1) is 31.8. The summed E-state index contributed by atoms with van der Waals surface area (Å²) in [6.07, 6.45) is 5.80. The maximum Gasteiger partial charge on any atom is 0.407 e. The van der Waals surface area contributed by atoms with Gasteiger partial charge in [-0.3, -0.25) is 9.69 Å². The summed E-state index contributed by atoms with van der Waals surface area (Å²) < 4.78 is 7.37. The van der Waals surface area contributed by atoms with Crippen LogP contribution in [0, 0.1) is 0 Å². The summed E-state index contributed by atoms with van der Waals surface area (Å²) >= 11 is 5.74. The quantitative estimate of drug-likeness (QED) is 0.199. The summed E-state index contributed by atoms with van der Waals surface area (Å²) in [6.45, 7) is 3.18. The second-order valence-corrected chi connectivity index (χ2v) is 12.6. The van der Waals surface area contributed by atoms with Crippen LogP contribution in [0.3, 0.4) is 0 Å². The Kier molecular flexibility index (Phi) is 10.7. The van der Waals surface area contributed by atoms with Crippen molar-refractivity contribution in [2.75, 3.05) is 32.1 Å². The Labute approximate surface area is 276 Å². The number of amides is 2. The van der Waals surface area contributed by atoms with Crippen LogP contribution in [0.2, 0.25) is 0 Å². The van der Waals surface area contributed by atoms with Gasteiger partial charge < -0.3 is 19.5 Å². The van der Waals surface area contributed by atoms with Gasteiger partial charge in [0.1, 0.15) is 6.61 Å². The Bertz CT molecular complexity index is 1570. The number of halogens is 1. The molecule has 1 aliphatic heterocycles. The highest BCUT2D eigenvalue weighted by molar-refractivity contribution is 6.18. The van der Waals surface area contributed by atoms with Crippen molar-refractivity contribution in [1.82, 2.24) is 24.7 Å². The van der Waals surface area contributed by atoms with Crippen molar-refractivity contribution in [2.24, 2.45) is 0 Å². The molecule has 1 saturated heterocycles. The second-order valence-electron chi connectivity index (χ2n) is 12.2. The molecule has 6 rings (SSSR count). The SMILES string of the molecule is O=C(N[C@H]1CCCC[C@@H]1n1cnc(C(=O)N2CCN(Cc3ccccc3)C[C@H]2Cc2ccccc2)c1-c1ccccc1)OCCCl. The zero-order valence-corrected chi connectivity index (χ0v) is 26.9. The third kappa shape index (κ3) is 7.62. The van der Waals surface area contributed by atoms with Crippen molar-refractivity contribution in [3.05, 3.63) is 114 Å². The number of alkyl halides is 1. The van der Waals surface area contributed by atoms with Crippen molar-refractivity contribution < 1.29 is 14.3 Å². The minimum absolute atomic E-state index is 0.0121. The molecule has 1 N–H and O–H groups in total. The average molecular weight is 640 g/mol. The number of hydrogen-bond donors (Lipinski definition) is 1. The molecule has 0 spiro atoms. The van der Waals surface area contributed by atoms with Gasteiger partial charge in [0.2, 0.25) is 0 Å². The van der Waals surface area contributed by atoms with Crippen molar-refractivity contribution >= 4 is 23.6 Å². The number of ether oxygens (including phenoxy) is 1. The van der Waals surface area contributed by atoms with Crippen molar-refractivity contribution in [3.8, 4) is 11.3 Å². The van der Waals surface area contributed by atoms with E-state index in [0.29, 0.717) is 12.2 Å². The molecular formula is C37H42ClN5O3. The van der Waals surface area contributed by atoms with E-state index in [4.69, 9.17) is 21.3 Å². The molecule has 0 unspecified atom stereocenters. The molecule has 46 heavy (non-hydrogen) atoms. The number of alkyl carbamates (subject to hydrolysis) is 1. The van der Waals surface area contributed by atoms with Crippen LogP contribution in [0.1, 0.15) is 53.3 Å². The Balaban J connectivity index is 1.31. The molecule has 4 aromatic rings. The maximum atomic E-state index is 14.7. The van der Waals surface area contributed by atoms with Crippen LogP contribution in [-0.2, 0) is 17.7 Å². The predicted octanol–water partition coefficient (Wildman–Crippen LogP) is 6.57. The summed E-state index contributed by atoms with van der Waals surface area (Å²) in [5, 5.41) is 3.07. The summed E-state index contributed by atoms with van der Waals surface area (Å²) in [5.74, 6) is 0.193. The van der Waals surface area contributed by atoms with Gasteiger partial charge in [-0.1, -0.05) is 104 Å². The van der Waals surface area contributed by atoms with Gasteiger partial charge in [0.25, 0.3) is 5.91 Å². The van der Waals surface area contributed by atoms with E-state index in [1.807, 2.05) is 47.4 Å². The van der Waals surface area contributed by atoms with Gasteiger partial charge in [-0.2, -0.15) is 0 Å². The zero-order valence-electron chi connectivity index (χ0n) is 26.1. The smallest absolute Gasteiger partial charge is 0.407 e. The van der Waals surface area contributed by atoms with Crippen LogP contribution in [0.5, 0.6) is 0 Å². The van der Waals surface area contributed by atoms with E-state index in [1.165, 1.54) is 11.1 Å². The van der Waals surface area contributed by atoms with Crippen LogP contribution in [-0.4, -0.2) is 75.6 Å². The molecule has 1 saturated carbocycles. The summed E-state index contributed by atoms with van der Waals surface area (Å²) in [6, 6.07) is 30.7. The number of rotatable bonds is 10. The Morgan fingerprint density at radius 3 is 2.26 bits per heavy atom. The first-order valence-corrected chi connectivity index (χ1v) is 16.9. The number of carbonyl (C=O) groups excluding carboxylic acids is 2. The molecule has 0 bridgehead atoms. The molecule has 1 aliphatic carbocycles. The van der Waals surface area contributed by atoms with E-state index in [9.17, 15) is 9.59 Å². The molecule has 240 valence electrons. The third-order valence-corrected chi connectivity index (χ3v) is 9.29. The predicted molar refractivity (Wildman–Crippen MR) is 181 cm³/mol. The molecule has 1 aromatic heterocycles. The summed E-state index contributed by atoms with van der Waals surface area (Å²) in [4.78, 5) is 36.5. The molecule has 9 heteroatoms. The van der Waals surface area contributed by atoms with Crippen LogP contribution >= 0.6 is 11.6 Å². The first-order chi connectivity index (χ1) is 22.6. The van der Waals surface area contributed by atoms with E-state index < -0.39 is 6.09 Å². The molecule has 3 atom stereocenters. The van der Waals surface area contributed by atoms with E-state index in [2.05, 4.69) is 63.3 Å². The molecule has 2 aliphatic rings. The van der Waals surface area contributed by atoms with Gasteiger partial charge in [0.15, 0.2) is 5.69 Å². The van der Waals surface area contributed by atoms with Crippen LogP contribution in [0.4, 0.5) is 4.79 Å². The fraction of sp³-hybridized carbons (Fsp3) is 0.378. The van der Waals surface area contributed by atoms with E-state index in [0.717, 1.165) is 63.0 Å². The molecule has 2 fully saturated rings. The molecule has 8 nitrogen and oxygen atoms in total. The number of aromatic nitrogens is 2. The summed E-state index contributed by atoms with van der Waals surface area (Å²) in [5.41, 5.74) is 4.66. The second kappa shape index (κ2) is 15.4. The number of piperazine rings is 1. The molecule has 3 aromatic carbocycles. The number of carbonyl (C=O) groups is 2. The van der Waals surface area contributed by atoms with Gasteiger partial charge in [0.05, 0.1) is 30.0 Å². The summed E-state index contributed by atoms with van der Waals surface area (Å²) in [7, 11) is 0. The number of nitrogens with zero attached hydrogens (tertiary/aromatic N) is 4. The third-order valence-electron chi connectivity index (χ3n) is 9.13. The number of nitrogens with one attached hydrogen (secondary N) is 1. The first-order valence-electron chi connectivity index (χ1n) is 16.3. The lowest BCUT2D eigenvalue weighted by Gasteiger charge is -2.41. The average Bonchev–Trinajstić information content (AvgIpc) is 3.54. The molecule has 2 amide bonds. The molecule has 2 heterocycles. The lowest BCUT2D eigenvalue weighted by molar-refractivity contribution is 0.0434. The number of imidazole rings is 1. The Morgan fingerprint density at radius 2 is 1.54 bits per heavy atom. The fourth-order valence-electron chi connectivity index (χ4n) is 6.96. The minimum atomic E-state index is -0.465. The van der Waals surface area contributed by atoms with Crippen LogP contribution < -0.4 is 5.32 Å². The monoisotopic (exact) mass is 639 g/mol.